The molecule has 3 N–H and O–H groups in total. The van der Waals surface area contributed by atoms with Crippen LogP contribution >= 0.6 is 0 Å². The van der Waals surface area contributed by atoms with Crippen molar-refractivity contribution in [3.8, 4) is 34.1 Å². The Labute approximate surface area is 283 Å². The number of hydrogen-bond donors (Lipinski definition) is 2. The zero-order valence-corrected chi connectivity index (χ0v) is 26.9. The van der Waals surface area contributed by atoms with E-state index in [0.717, 1.165) is 66.1 Å². The molecule has 2 fully saturated rings. The Kier molecular flexibility index (Phi) is 7.64. The van der Waals surface area contributed by atoms with E-state index in [4.69, 9.17) is 15.7 Å². The molecule has 2 saturated heterocycles. The number of amides is 1. The first-order chi connectivity index (χ1) is 23.9. The fourth-order valence-corrected chi connectivity index (χ4v) is 7.25. The van der Waals surface area contributed by atoms with Crippen LogP contribution in [0, 0.1) is 5.41 Å². The van der Waals surface area contributed by atoms with Crippen LogP contribution in [-0.2, 0) is 6.54 Å². The van der Waals surface area contributed by atoms with Gasteiger partial charge < -0.3 is 15.7 Å². The lowest BCUT2D eigenvalue weighted by molar-refractivity contribution is -0.0465. The number of aromatic nitrogens is 4. The average molecular weight is 650 g/mol. The number of phenols is 1. The van der Waals surface area contributed by atoms with Crippen molar-refractivity contribution >= 4 is 29.2 Å². The maximum Gasteiger partial charge on any atom is 0.253 e. The first-order valence-corrected chi connectivity index (χ1v) is 16.4. The van der Waals surface area contributed by atoms with E-state index >= 15 is 0 Å². The van der Waals surface area contributed by atoms with Gasteiger partial charge in [0, 0.05) is 55.7 Å². The lowest BCUT2D eigenvalue weighted by atomic mass is 9.72. The Balaban J connectivity index is 0.977. The smallest absolute Gasteiger partial charge is 0.253 e. The molecular formula is C39H35N7O3. The van der Waals surface area contributed by atoms with Crippen molar-refractivity contribution in [2.45, 2.75) is 19.4 Å². The topological polar surface area (TPSA) is 130 Å². The minimum absolute atomic E-state index is 0.0965. The fourth-order valence-electron chi connectivity index (χ4n) is 7.25. The number of carbonyl (C=O) groups excluding carboxylic acids is 2. The normalized spacial score (nSPS) is 15.7. The first-order valence-electron chi connectivity index (χ1n) is 16.4. The molecular weight excluding hydrogens is 614 g/mol. The molecule has 8 rings (SSSR count). The molecule has 2 aliphatic rings. The number of nitrogen functional groups attached to an aromatic ring is 1. The molecule has 0 bridgehead atoms. The minimum atomic E-state index is -0.113. The molecule has 3 aromatic carbocycles. The molecule has 3 aromatic heterocycles. The van der Waals surface area contributed by atoms with Gasteiger partial charge in [-0.1, -0.05) is 42.5 Å². The maximum atomic E-state index is 13.1. The van der Waals surface area contributed by atoms with Crippen LogP contribution in [0.3, 0.4) is 0 Å². The number of phenolic OH excluding ortho intramolecular Hbond substituents is 1. The number of rotatable bonds is 7. The summed E-state index contributed by atoms with van der Waals surface area (Å²) in [5, 5.41) is 9.80. The Hall–Kier alpha value is -5.87. The van der Waals surface area contributed by atoms with Gasteiger partial charge in [0.15, 0.2) is 17.8 Å². The highest BCUT2D eigenvalue weighted by molar-refractivity contribution is 5.96. The van der Waals surface area contributed by atoms with Gasteiger partial charge >= 0.3 is 0 Å². The maximum absolute atomic E-state index is 13.1. The van der Waals surface area contributed by atoms with Gasteiger partial charge in [-0.05, 0) is 78.4 Å². The van der Waals surface area contributed by atoms with Gasteiger partial charge in [0.1, 0.15) is 17.1 Å². The van der Waals surface area contributed by atoms with E-state index < -0.39 is 0 Å². The number of nitrogens with zero attached hydrogens (tertiary/aromatic N) is 6. The Morgan fingerprint density at radius 3 is 2.41 bits per heavy atom. The Morgan fingerprint density at radius 2 is 1.67 bits per heavy atom. The van der Waals surface area contributed by atoms with Crippen molar-refractivity contribution in [1.29, 1.82) is 0 Å². The second kappa shape index (κ2) is 12.3. The van der Waals surface area contributed by atoms with Crippen molar-refractivity contribution < 1.29 is 14.7 Å². The zero-order valence-electron chi connectivity index (χ0n) is 26.9. The van der Waals surface area contributed by atoms with Crippen LogP contribution in [0.4, 0.5) is 5.82 Å². The number of pyridine rings is 2. The molecule has 6 aromatic rings. The summed E-state index contributed by atoms with van der Waals surface area (Å²) in [6, 6.07) is 30.9. The summed E-state index contributed by atoms with van der Waals surface area (Å²) in [4.78, 5) is 43.0. The van der Waals surface area contributed by atoms with Crippen LogP contribution in [-0.4, -0.2) is 72.8 Å². The molecule has 2 aliphatic heterocycles. The lowest BCUT2D eigenvalue weighted by Crippen LogP contribution is -2.60. The molecule has 1 amide bonds. The Morgan fingerprint density at radius 1 is 0.898 bits per heavy atom. The first kappa shape index (κ1) is 30.5. The molecule has 0 atom stereocenters. The minimum Gasteiger partial charge on any atom is -0.507 e. The van der Waals surface area contributed by atoms with Gasteiger partial charge in [0.05, 0.1) is 16.8 Å². The molecule has 5 heterocycles. The monoisotopic (exact) mass is 649 g/mol. The number of aldehydes is 1. The van der Waals surface area contributed by atoms with Crippen molar-refractivity contribution in [3.05, 3.63) is 120 Å². The summed E-state index contributed by atoms with van der Waals surface area (Å²) in [5.41, 5.74) is 13.4. The van der Waals surface area contributed by atoms with E-state index in [1.54, 1.807) is 12.3 Å². The number of anilines is 1. The van der Waals surface area contributed by atoms with Crippen LogP contribution in [0.15, 0.2) is 103 Å². The fraction of sp³-hybridized carbons (Fsp3) is 0.205. The standard InChI is InChI=1S/C39H35N7O3/c40-35-31(7-4-18-41-35)36-43-33-14-13-32(27-5-2-1-3-6-27)42-37(33)46(36)30-11-8-26(9-12-30)22-44-24-39(25-44)16-19-45(20-17-39)38(49)28-10-15-34(48)29(21-28)23-47/h1-15,18,21,23,48H,16-17,19-20,22,24-25H2,(H2,40,41). The van der Waals surface area contributed by atoms with E-state index in [-0.39, 0.29) is 22.6 Å². The molecule has 10 nitrogen and oxygen atoms in total. The molecule has 0 unspecified atom stereocenters. The Bertz CT molecular complexity index is 2180. The quantitative estimate of drug-likeness (QED) is 0.202. The number of aromatic hydroxyl groups is 1. The van der Waals surface area contributed by atoms with Crippen LogP contribution in [0.5, 0.6) is 5.75 Å². The van der Waals surface area contributed by atoms with E-state index in [1.165, 1.54) is 17.7 Å². The number of fused-ring (bicyclic) bond motifs is 1. The van der Waals surface area contributed by atoms with Crippen molar-refractivity contribution in [2.75, 3.05) is 31.9 Å². The van der Waals surface area contributed by atoms with Crippen LogP contribution < -0.4 is 5.73 Å². The molecule has 0 saturated carbocycles. The third-order valence-corrected chi connectivity index (χ3v) is 9.88. The predicted octanol–water partition coefficient (Wildman–Crippen LogP) is 5.99. The average Bonchev–Trinajstić information content (AvgIpc) is 3.50. The molecule has 49 heavy (non-hydrogen) atoms. The second-order valence-electron chi connectivity index (χ2n) is 13.1. The summed E-state index contributed by atoms with van der Waals surface area (Å²) in [6.45, 7) is 4.20. The molecule has 0 aliphatic carbocycles. The number of likely N-dealkylation sites (tertiary alicyclic amines) is 2. The molecule has 10 heteroatoms. The summed E-state index contributed by atoms with van der Waals surface area (Å²) < 4.78 is 2.06. The number of nitrogens with two attached hydrogens (primary N) is 1. The summed E-state index contributed by atoms with van der Waals surface area (Å²) in [5.74, 6) is 0.891. The predicted molar refractivity (Wildman–Crippen MR) is 188 cm³/mol. The summed E-state index contributed by atoms with van der Waals surface area (Å²) >= 11 is 0. The number of hydrogen-bond acceptors (Lipinski definition) is 8. The van der Waals surface area contributed by atoms with Crippen LogP contribution in [0.1, 0.15) is 39.1 Å². The highest BCUT2D eigenvalue weighted by Crippen LogP contribution is 2.41. The second-order valence-corrected chi connectivity index (χ2v) is 13.1. The third-order valence-electron chi connectivity index (χ3n) is 9.88. The highest BCUT2D eigenvalue weighted by atomic mass is 16.3. The number of benzene rings is 3. The number of piperidine rings is 1. The van der Waals surface area contributed by atoms with Gasteiger partial charge in [-0.15, -0.1) is 0 Å². The van der Waals surface area contributed by atoms with E-state index in [2.05, 4.69) is 50.8 Å². The van der Waals surface area contributed by atoms with Gasteiger partial charge in [-0.25, -0.2) is 15.0 Å². The van der Waals surface area contributed by atoms with Gasteiger partial charge in [-0.2, -0.15) is 0 Å². The van der Waals surface area contributed by atoms with E-state index in [1.807, 2.05) is 47.4 Å². The summed E-state index contributed by atoms with van der Waals surface area (Å²) in [6.07, 6.45) is 4.14. The largest absolute Gasteiger partial charge is 0.507 e. The van der Waals surface area contributed by atoms with Crippen LogP contribution in [0.25, 0.3) is 39.5 Å². The van der Waals surface area contributed by atoms with E-state index in [0.29, 0.717) is 36.6 Å². The number of carbonyl (C=O) groups is 2. The van der Waals surface area contributed by atoms with Crippen LogP contribution in [0.2, 0.25) is 0 Å². The van der Waals surface area contributed by atoms with Gasteiger partial charge in [0.25, 0.3) is 5.91 Å². The van der Waals surface area contributed by atoms with Gasteiger partial charge in [0.2, 0.25) is 0 Å². The van der Waals surface area contributed by atoms with Gasteiger partial charge in [-0.3, -0.25) is 19.1 Å². The van der Waals surface area contributed by atoms with Crippen molar-refractivity contribution in [3.63, 3.8) is 0 Å². The number of imidazole rings is 1. The van der Waals surface area contributed by atoms with Crippen molar-refractivity contribution in [1.82, 2.24) is 29.3 Å². The highest BCUT2D eigenvalue weighted by Gasteiger charge is 2.45. The lowest BCUT2D eigenvalue weighted by Gasteiger charge is -2.54. The SMILES string of the molecule is Nc1ncccc1-c1nc2ccc(-c3ccccc3)nc2n1-c1ccc(CN2CC3(CCN(C(=O)c4ccc(O)c(C=O)c4)CC3)C2)cc1. The van der Waals surface area contributed by atoms with Crippen molar-refractivity contribution in [2.24, 2.45) is 5.41 Å². The molecule has 244 valence electrons. The molecule has 0 radical (unpaired) electrons. The third kappa shape index (κ3) is 5.70. The molecule has 1 spiro atoms. The van der Waals surface area contributed by atoms with E-state index in [9.17, 15) is 14.7 Å². The zero-order chi connectivity index (χ0) is 33.5. The summed E-state index contributed by atoms with van der Waals surface area (Å²) in [7, 11) is 0.